The van der Waals surface area contributed by atoms with Crippen LogP contribution >= 0.6 is 0 Å². The Labute approximate surface area is 165 Å². The van der Waals surface area contributed by atoms with Gasteiger partial charge in [0.1, 0.15) is 0 Å². The van der Waals surface area contributed by atoms with Gasteiger partial charge in [-0.05, 0) is 0 Å². The largest absolute Gasteiger partial charge is 1.00 e. The standard InChI is InChI=1S/C15H14N.C7H9.2FH.Zr/c1-11-7-12(2)16(10-11)15-8-13-5-3-4-6-14(13)9-15;1-6-4-3-5-7(6)2;;;/h3-10H,1-2H3;4H,3H2,1-2H3;2*1H;/q;;;;+2/p-2. The molecule has 0 amide bonds. The van der Waals surface area contributed by atoms with Gasteiger partial charge in [0, 0.05) is 0 Å². The predicted octanol–water partition coefficient (Wildman–Crippen LogP) is -0.128. The Hall–Kier alpha value is -1.54. The molecule has 2 aliphatic carbocycles. The zero-order valence-electron chi connectivity index (χ0n) is 15.6. The zero-order chi connectivity index (χ0) is 16.8. The zero-order valence-corrected chi connectivity index (χ0v) is 18.1. The maximum Gasteiger partial charge on any atom is -1.00 e. The van der Waals surface area contributed by atoms with E-state index in [1.165, 1.54) is 34.5 Å². The van der Waals surface area contributed by atoms with Crippen molar-refractivity contribution in [1.82, 2.24) is 4.57 Å². The molecule has 1 aromatic heterocycles. The summed E-state index contributed by atoms with van der Waals surface area (Å²) >= 11 is -0.721. The van der Waals surface area contributed by atoms with E-state index in [1.54, 1.807) is 14.4 Å². The van der Waals surface area contributed by atoms with Crippen LogP contribution in [0.1, 0.15) is 46.3 Å². The minimum Gasteiger partial charge on any atom is -1.00 e. The van der Waals surface area contributed by atoms with Crippen molar-refractivity contribution in [2.75, 3.05) is 0 Å². The summed E-state index contributed by atoms with van der Waals surface area (Å²) in [5.41, 5.74) is 10.2. The monoisotopic (exact) mass is 429 g/mol. The van der Waals surface area contributed by atoms with Crippen molar-refractivity contribution in [3.8, 4) is 0 Å². The Morgan fingerprint density at radius 2 is 1.77 bits per heavy atom. The molecule has 1 aromatic carbocycles. The SMILES string of the molecule is CC1=CC[C]([Zr+2][CH]2C(n3cc(C)cc3C)=Cc3ccccc32)=C1C.[F-].[F-]. The van der Waals surface area contributed by atoms with E-state index in [-0.39, 0.29) is 9.41 Å². The minimum atomic E-state index is -0.721. The third-order valence-corrected chi connectivity index (χ3v) is 9.79. The molecule has 0 saturated carbocycles. The summed E-state index contributed by atoms with van der Waals surface area (Å²) in [5.74, 6) is 0. The molecule has 0 N–H and O–H groups in total. The Morgan fingerprint density at radius 1 is 1.04 bits per heavy atom. The molecule has 1 nitrogen and oxygen atoms in total. The number of fused-ring (bicyclic) bond motifs is 1. The normalized spacial score (nSPS) is 17.8. The molecule has 0 bridgehead atoms. The van der Waals surface area contributed by atoms with Crippen molar-refractivity contribution >= 4 is 11.8 Å². The number of rotatable bonds is 3. The second-order valence-electron chi connectivity index (χ2n) is 7.00. The van der Waals surface area contributed by atoms with Gasteiger partial charge in [0.2, 0.25) is 0 Å². The first kappa shape index (κ1) is 20.8. The summed E-state index contributed by atoms with van der Waals surface area (Å²) < 4.78 is 4.83. The molecule has 4 heteroatoms. The molecular weight excluding hydrogens is 407 g/mol. The summed E-state index contributed by atoms with van der Waals surface area (Å²) in [5, 5.41) is 0. The van der Waals surface area contributed by atoms with Crippen molar-refractivity contribution in [1.29, 1.82) is 0 Å². The van der Waals surface area contributed by atoms with Gasteiger partial charge in [0.25, 0.3) is 0 Å². The molecule has 0 fully saturated rings. The van der Waals surface area contributed by atoms with E-state index in [0.717, 1.165) is 0 Å². The van der Waals surface area contributed by atoms with Gasteiger partial charge in [0.15, 0.2) is 0 Å². The Morgan fingerprint density at radius 3 is 2.38 bits per heavy atom. The summed E-state index contributed by atoms with van der Waals surface area (Å²) in [6.07, 6.45) is 8.34. The first-order valence-electron chi connectivity index (χ1n) is 8.64. The van der Waals surface area contributed by atoms with Crippen LogP contribution in [0, 0.1) is 13.8 Å². The van der Waals surface area contributed by atoms with Crippen LogP contribution in [0.3, 0.4) is 0 Å². The predicted molar refractivity (Wildman–Crippen MR) is 98.3 cm³/mol. The number of aryl methyl sites for hydroxylation is 2. The van der Waals surface area contributed by atoms with Crippen LogP contribution in [-0.2, 0) is 23.2 Å². The van der Waals surface area contributed by atoms with E-state index in [9.17, 15) is 0 Å². The van der Waals surface area contributed by atoms with E-state index in [2.05, 4.69) is 80.9 Å². The molecule has 2 aliphatic rings. The molecule has 2 aromatic rings. The van der Waals surface area contributed by atoms with Crippen molar-refractivity contribution in [2.45, 2.75) is 37.7 Å². The van der Waals surface area contributed by atoms with Gasteiger partial charge in [-0.1, -0.05) is 0 Å². The molecule has 1 atom stereocenters. The smallest absolute Gasteiger partial charge is 1.00 e. The summed E-state index contributed by atoms with van der Waals surface area (Å²) in [6, 6.07) is 11.3. The molecule has 0 aliphatic heterocycles. The topological polar surface area (TPSA) is 4.93 Å². The second kappa shape index (κ2) is 8.00. The van der Waals surface area contributed by atoms with Crippen molar-refractivity contribution < 1.29 is 32.6 Å². The Kier molecular flexibility index (Phi) is 6.39. The maximum absolute atomic E-state index is 2.44. The number of allylic oxidation sites excluding steroid dienone is 5. The van der Waals surface area contributed by atoms with E-state index < -0.39 is 23.2 Å². The van der Waals surface area contributed by atoms with Crippen molar-refractivity contribution in [3.63, 3.8) is 0 Å². The van der Waals surface area contributed by atoms with E-state index in [1.807, 2.05) is 0 Å². The van der Waals surface area contributed by atoms with E-state index in [4.69, 9.17) is 0 Å². The molecule has 4 rings (SSSR count). The van der Waals surface area contributed by atoms with Gasteiger partial charge in [-0.2, -0.15) is 0 Å². The molecule has 0 radical (unpaired) electrons. The summed E-state index contributed by atoms with van der Waals surface area (Å²) in [6.45, 7) is 9.01. The summed E-state index contributed by atoms with van der Waals surface area (Å²) in [7, 11) is 0. The number of nitrogens with zero attached hydrogens (tertiary/aromatic N) is 1. The molecule has 1 heterocycles. The molecule has 0 saturated heterocycles. The fourth-order valence-corrected chi connectivity index (χ4v) is 8.18. The maximum atomic E-state index is 2.44. The van der Waals surface area contributed by atoms with Gasteiger partial charge >= 0.3 is 157 Å². The number of hydrogen-bond donors (Lipinski definition) is 0. The van der Waals surface area contributed by atoms with Crippen molar-refractivity contribution in [2.24, 2.45) is 0 Å². The fourth-order valence-electron chi connectivity index (χ4n) is 3.83. The van der Waals surface area contributed by atoms with Gasteiger partial charge in [-0.3, -0.25) is 0 Å². The number of benzene rings is 1. The molecule has 1 unspecified atom stereocenters. The number of halogens is 2. The Bertz CT molecular complexity index is 918. The first-order valence-corrected chi connectivity index (χ1v) is 11.3. The fraction of sp³-hybridized carbons (Fsp3) is 0.273. The van der Waals surface area contributed by atoms with Crippen LogP contribution in [-0.4, -0.2) is 4.57 Å². The Balaban J connectivity index is 0.00000121. The van der Waals surface area contributed by atoms with E-state index in [0.29, 0.717) is 3.63 Å². The van der Waals surface area contributed by atoms with Crippen LogP contribution < -0.4 is 9.41 Å². The van der Waals surface area contributed by atoms with Crippen LogP contribution in [0.25, 0.3) is 11.8 Å². The van der Waals surface area contributed by atoms with Crippen molar-refractivity contribution in [3.05, 3.63) is 79.4 Å². The quantitative estimate of drug-likeness (QED) is 0.640. The number of aromatic nitrogens is 1. The average molecular weight is 431 g/mol. The average Bonchev–Trinajstić information content (AvgIpc) is 3.19. The third-order valence-electron chi connectivity index (χ3n) is 5.31. The minimum absolute atomic E-state index is 0. The molecule has 134 valence electrons. The van der Waals surface area contributed by atoms with Gasteiger partial charge in [0.05, 0.1) is 0 Å². The molecule has 0 spiro atoms. The molecule has 26 heavy (non-hydrogen) atoms. The van der Waals surface area contributed by atoms with Gasteiger partial charge in [-0.15, -0.1) is 0 Å². The van der Waals surface area contributed by atoms with E-state index >= 15 is 0 Å². The van der Waals surface area contributed by atoms with Crippen LogP contribution in [0.4, 0.5) is 0 Å². The van der Waals surface area contributed by atoms with Gasteiger partial charge < -0.3 is 9.41 Å². The van der Waals surface area contributed by atoms with Crippen LogP contribution in [0.2, 0.25) is 0 Å². The second-order valence-corrected chi connectivity index (χ2v) is 10.6. The summed E-state index contributed by atoms with van der Waals surface area (Å²) in [4.78, 5) is 0. The van der Waals surface area contributed by atoms with Crippen LogP contribution in [0.5, 0.6) is 0 Å². The number of hydrogen-bond acceptors (Lipinski definition) is 0. The van der Waals surface area contributed by atoms with Gasteiger partial charge in [-0.25, -0.2) is 0 Å². The first-order chi connectivity index (χ1) is 11.5. The van der Waals surface area contributed by atoms with Crippen LogP contribution in [0.15, 0.2) is 57.0 Å². The third kappa shape index (κ3) is 3.49. The molecular formula is C22H23F2NZr.